The molecule has 1 unspecified atom stereocenters. The molecule has 1 aromatic heterocycles. The Morgan fingerprint density at radius 2 is 2.25 bits per heavy atom. The van der Waals surface area contributed by atoms with Gasteiger partial charge in [0.1, 0.15) is 0 Å². The third-order valence-corrected chi connectivity index (χ3v) is 1.87. The highest BCUT2D eigenvalue weighted by molar-refractivity contribution is 5.09. The summed E-state index contributed by atoms with van der Waals surface area (Å²) < 4.78 is 1.69. The zero-order chi connectivity index (χ0) is 9.14. The number of hydrogen-bond donors (Lipinski definition) is 1. The van der Waals surface area contributed by atoms with E-state index in [4.69, 9.17) is 5.73 Å². The van der Waals surface area contributed by atoms with Gasteiger partial charge in [0, 0.05) is 24.3 Å². The Bertz CT molecular complexity index is 315. The molecule has 2 N–H and O–H groups in total. The van der Waals surface area contributed by atoms with E-state index in [0.29, 0.717) is 6.54 Å². The van der Waals surface area contributed by atoms with Crippen molar-refractivity contribution in [2.45, 2.75) is 26.4 Å². The molecule has 1 heterocycles. The molecule has 0 fully saturated rings. The van der Waals surface area contributed by atoms with Crippen molar-refractivity contribution in [1.29, 1.82) is 0 Å². The second kappa shape index (κ2) is 3.54. The SMILES string of the molecule is CCn1c(C(C)N)cccc1=O. The summed E-state index contributed by atoms with van der Waals surface area (Å²) in [5, 5.41) is 0. The van der Waals surface area contributed by atoms with Crippen LogP contribution in [-0.2, 0) is 6.54 Å². The Kier molecular flexibility index (Phi) is 2.65. The van der Waals surface area contributed by atoms with E-state index in [1.807, 2.05) is 19.9 Å². The highest BCUT2D eigenvalue weighted by Gasteiger charge is 2.04. The first-order chi connectivity index (χ1) is 5.66. The molecule has 0 aromatic carbocycles. The predicted molar refractivity (Wildman–Crippen MR) is 49.0 cm³/mol. The highest BCUT2D eigenvalue weighted by Crippen LogP contribution is 2.05. The van der Waals surface area contributed by atoms with Crippen LogP contribution in [0, 0.1) is 0 Å². The van der Waals surface area contributed by atoms with Crippen LogP contribution in [0.5, 0.6) is 0 Å². The third kappa shape index (κ3) is 1.56. The van der Waals surface area contributed by atoms with E-state index >= 15 is 0 Å². The molecule has 12 heavy (non-hydrogen) atoms. The van der Waals surface area contributed by atoms with Gasteiger partial charge >= 0.3 is 0 Å². The van der Waals surface area contributed by atoms with E-state index in [9.17, 15) is 4.79 Å². The maximum Gasteiger partial charge on any atom is 0.250 e. The van der Waals surface area contributed by atoms with Gasteiger partial charge in [0.05, 0.1) is 0 Å². The fourth-order valence-electron chi connectivity index (χ4n) is 1.27. The van der Waals surface area contributed by atoms with Crippen molar-refractivity contribution in [2.75, 3.05) is 0 Å². The van der Waals surface area contributed by atoms with E-state index < -0.39 is 0 Å². The maximum absolute atomic E-state index is 11.3. The quantitative estimate of drug-likeness (QED) is 0.709. The third-order valence-electron chi connectivity index (χ3n) is 1.87. The van der Waals surface area contributed by atoms with Crippen molar-refractivity contribution in [3.8, 4) is 0 Å². The molecule has 1 atom stereocenters. The first kappa shape index (κ1) is 9.00. The first-order valence-electron chi connectivity index (χ1n) is 4.12. The molecule has 0 saturated carbocycles. The number of pyridine rings is 1. The number of hydrogen-bond acceptors (Lipinski definition) is 2. The Balaban J connectivity index is 3.28. The van der Waals surface area contributed by atoms with Crippen LogP contribution in [0.15, 0.2) is 23.0 Å². The summed E-state index contributed by atoms with van der Waals surface area (Å²) in [5.74, 6) is 0. The van der Waals surface area contributed by atoms with Crippen LogP contribution in [0.1, 0.15) is 25.6 Å². The second-order valence-corrected chi connectivity index (χ2v) is 2.82. The highest BCUT2D eigenvalue weighted by atomic mass is 16.1. The van der Waals surface area contributed by atoms with Crippen LogP contribution >= 0.6 is 0 Å². The lowest BCUT2D eigenvalue weighted by Gasteiger charge is -2.12. The monoisotopic (exact) mass is 166 g/mol. The van der Waals surface area contributed by atoms with Crippen LogP contribution in [0.4, 0.5) is 0 Å². The standard InChI is InChI=1S/C9H14N2O/c1-3-11-8(7(2)10)5-4-6-9(11)12/h4-7H,3,10H2,1-2H3. The van der Waals surface area contributed by atoms with Crippen LogP contribution in [0.2, 0.25) is 0 Å². The molecule has 3 heteroatoms. The van der Waals surface area contributed by atoms with E-state index in [-0.39, 0.29) is 11.6 Å². The molecule has 0 aliphatic carbocycles. The number of nitrogens with zero attached hydrogens (tertiary/aromatic N) is 1. The van der Waals surface area contributed by atoms with Gasteiger partial charge in [-0.25, -0.2) is 0 Å². The molecule has 0 spiro atoms. The molecule has 0 radical (unpaired) electrons. The van der Waals surface area contributed by atoms with Gasteiger partial charge in [-0.3, -0.25) is 4.79 Å². The Morgan fingerprint density at radius 1 is 1.58 bits per heavy atom. The Labute approximate surface area is 71.8 Å². The Hall–Kier alpha value is -1.09. The molecule has 1 rings (SSSR count). The smallest absolute Gasteiger partial charge is 0.250 e. The summed E-state index contributed by atoms with van der Waals surface area (Å²) >= 11 is 0. The maximum atomic E-state index is 11.3. The van der Waals surface area contributed by atoms with Gasteiger partial charge in [-0.15, -0.1) is 0 Å². The largest absolute Gasteiger partial charge is 0.323 e. The van der Waals surface area contributed by atoms with Gasteiger partial charge in [0.25, 0.3) is 5.56 Å². The average molecular weight is 166 g/mol. The van der Waals surface area contributed by atoms with Crippen LogP contribution in [0.25, 0.3) is 0 Å². The fourth-order valence-corrected chi connectivity index (χ4v) is 1.27. The zero-order valence-electron chi connectivity index (χ0n) is 7.45. The molecule has 1 aromatic rings. The van der Waals surface area contributed by atoms with Gasteiger partial charge in [-0.05, 0) is 19.9 Å². The minimum atomic E-state index is -0.0844. The van der Waals surface area contributed by atoms with Gasteiger partial charge in [-0.2, -0.15) is 0 Å². The second-order valence-electron chi connectivity index (χ2n) is 2.82. The van der Waals surface area contributed by atoms with E-state index in [2.05, 4.69) is 0 Å². The van der Waals surface area contributed by atoms with Crippen LogP contribution < -0.4 is 11.3 Å². The summed E-state index contributed by atoms with van der Waals surface area (Å²) in [6.07, 6.45) is 0. The van der Waals surface area contributed by atoms with Gasteiger partial charge in [0.15, 0.2) is 0 Å². The fraction of sp³-hybridized carbons (Fsp3) is 0.444. The van der Waals surface area contributed by atoms with Crippen molar-refractivity contribution < 1.29 is 0 Å². The molecule has 0 amide bonds. The zero-order valence-corrected chi connectivity index (χ0v) is 7.45. The van der Waals surface area contributed by atoms with Gasteiger partial charge in [-0.1, -0.05) is 6.07 Å². The van der Waals surface area contributed by atoms with Crippen molar-refractivity contribution in [3.63, 3.8) is 0 Å². The molecule has 0 aliphatic rings. The van der Waals surface area contributed by atoms with Crippen LogP contribution in [-0.4, -0.2) is 4.57 Å². The lowest BCUT2D eigenvalue weighted by Crippen LogP contribution is -2.24. The van der Waals surface area contributed by atoms with E-state index in [1.165, 1.54) is 0 Å². The number of aromatic nitrogens is 1. The van der Waals surface area contributed by atoms with E-state index in [1.54, 1.807) is 16.7 Å². The summed E-state index contributed by atoms with van der Waals surface area (Å²) in [7, 11) is 0. The van der Waals surface area contributed by atoms with Crippen molar-refractivity contribution in [2.24, 2.45) is 5.73 Å². The first-order valence-corrected chi connectivity index (χ1v) is 4.12. The minimum Gasteiger partial charge on any atom is -0.323 e. The predicted octanol–water partition coefficient (Wildman–Crippen LogP) is 0.888. The minimum absolute atomic E-state index is 0.0206. The van der Waals surface area contributed by atoms with Gasteiger partial charge in [0.2, 0.25) is 0 Å². The van der Waals surface area contributed by atoms with E-state index in [0.717, 1.165) is 5.69 Å². The number of rotatable bonds is 2. The number of nitrogens with two attached hydrogens (primary N) is 1. The van der Waals surface area contributed by atoms with Crippen molar-refractivity contribution in [3.05, 3.63) is 34.2 Å². The Morgan fingerprint density at radius 3 is 2.67 bits per heavy atom. The molecule has 0 bridgehead atoms. The molecule has 0 saturated heterocycles. The normalized spacial score (nSPS) is 12.9. The molecular weight excluding hydrogens is 152 g/mol. The molecular formula is C9H14N2O. The summed E-state index contributed by atoms with van der Waals surface area (Å²) in [5.41, 5.74) is 6.61. The summed E-state index contributed by atoms with van der Waals surface area (Å²) in [6.45, 7) is 4.49. The summed E-state index contributed by atoms with van der Waals surface area (Å²) in [6, 6.07) is 5.09. The topological polar surface area (TPSA) is 48.0 Å². The van der Waals surface area contributed by atoms with Crippen LogP contribution in [0.3, 0.4) is 0 Å². The van der Waals surface area contributed by atoms with Crippen molar-refractivity contribution >= 4 is 0 Å². The molecule has 66 valence electrons. The lowest BCUT2D eigenvalue weighted by molar-refractivity contribution is 0.627. The molecule has 3 nitrogen and oxygen atoms in total. The van der Waals surface area contributed by atoms with Crippen molar-refractivity contribution in [1.82, 2.24) is 4.57 Å². The summed E-state index contributed by atoms with van der Waals surface area (Å²) in [4.78, 5) is 11.3. The van der Waals surface area contributed by atoms with Gasteiger partial charge < -0.3 is 10.3 Å². The lowest BCUT2D eigenvalue weighted by atomic mass is 10.2. The molecule has 0 aliphatic heterocycles. The average Bonchev–Trinajstić information content (AvgIpc) is 2.03.